The van der Waals surface area contributed by atoms with E-state index in [1.54, 1.807) is 31.4 Å². The molecule has 1 amide bonds. The fourth-order valence-corrected chi connectivity index (χ4v) is 3.42. The van der Waals surface area contributed by atoms with Crippen LogP contribution >= 0.6 is 0 Å². The second kappa shape index (κ2) is 8.63. The summed E-state index contributed by atoms with van der Waals surface area (Å²) in [5.41, 5.74) is 3.14. The normalized spacial score (nSPS) is 11.6. The van der Waals surface area contributed by atoms with Crippen LogP contribution in [0.2, 0.25) is 0 Å². The van der Waals surface area contributed by atoms with Gasteiger partial charge in [0.25, 0.3) is 0 Å². The van der Waals surface area contributed by atoms with Gasteiger partial charge in [0, 0.05) is 34.7 Å². The van der Waals surface area contributed by atoms with E-state index in [-0.39, 0.29) is 11.5 Å². The van der Waals surface area contributed by atoms with Crippen LogP contribution in [-0.4, -0.2) is 13.0 Å². The molecular formula is C25H18F3NO3. The van der Waals surface area contributed by atoms with Gasteiger partial charge in [-0.2, -0.15) is 0 Å². The molecule has 162 valence electrons. The first kappa shape index (κ1) is 21.2. The number of hydrogen-bond donors (Lipinski definition) is 1. The summed E-state index contributed by atoms with van der Waals surface area (Å²) in [6, 6.07) is 12.4. The zero-order chi connectivity index (χ0) is 22.8. The third-order valence-corrected chi connectivity index (χ3v) is 5.01. The predicted octanol–water partition coefficient (Wildman–Crippen LogP) is 6.57. The smallest absolute Gasteiger partial charge is 0.248 e. The van der Waals surface area contributed by atoms with Crippen molar-refractivity contribution in [1.29, 1.82) is 0 Å². The van der Waals surface area contributed by atoms with Crippen LogP contribution in [0.5, 0.6) is 5.75 Å². The standard InChI is InChI=1S/C25H18F3NO3/c1-14(9-25(30)29-22-8-7-17(27)10-21(22)28)18-11-19-20(15-3-5-16(26)6-4-15)13-32-24(19)12-23(18)31-2/h3-13H,1-2H3,(H,29,30)/b14-9+. The summed E-state index contributed by atoms with van der Waals surface area (Å²) in [7, 11) is 1.50. The average molecular weight is 437 g/mol. The van der Waals surface area contributed by atoms with Crippen LogP contribution in [0.1, 0.15) is 12.5 Å². The predicted molar refractivity (Wildman–Crippen MR) is 117 cm³/mol. The van der Waals surface area contributed by atoms with Gasteiger partial charge in [-0.3, -0.25) is 4.79 Å². The van der Waals surface area contributed by atoms with E-state index in [9.17, 15) is 18.0 Å². The van der Waals surface area contributed by atoms with Gasteiger partial charge in [0.15, 0.2) is 0 Å². The van der Waals surface area contributed by atoms with Gasteiger partial charge in [0.1, 0.15) is 28.8 Å². The van der Waals surface area contributed by atoms with E-state index in [4.69, 9.17) is 9.15 Å². The first-order chi connectivity index (χ1) is 15.4. The molecule has 1 aromatic heterocycles. The minimum absolute atomic E-state index is 0.128. The molecule has 0 saturated carbocycles. The van der Waals surface area contributed by atoms with Gasteiger partial charge in [-0.25, -0.2) is 13.2 Å². The highest BCUT2D eigenvalue weighted by atomic mass is 19.1. The molecule has 32 heavy (non-hydrogen) atoms. The Morgan fingerprint density at radius 1 is 1.00 bits per heavy atom. The molecule has 3 aromatic carbocycles. The summed E-state index contributed by atoms with van der Waals surface area (Å²) in [5, 5.41) is 3.15. The fraction of sp³-hybridized carbons (Fsp3) is 0.0800. The van der Waals surface area contributed by atoms with Crippen molar-refractivity contribution in [2.24, 2.45) is 0 Å². The van der Waals surface area contributed by atoms with E-state index in [2.05, 4.69) is 5.32 Å². The Hall–Kier alpha value is -4.00. The first-order valence-corrected chi connectivity index (χ1v) is 9.65. The molecule has 4 aromatic rings. The van der Waals surface area contributed by atoms with Gasteiger partial charge in [0.2, 0.25) is 5.91 Å². The van der Waals surface area contributed by atoms with Gasteiger partial charge in [-0.15, -0.1) is 0 Å². The molecule has 0 radical (unpaired) electrons. The van der Waals surface area contributed by atoms with Crippen molar-refractivity contribution in [3.63, 3.8) is 0 Å². The number of hydrogen-bond acceptors (Lipinski definition) is 3. The minimum atomic E-state index is -0.870. The highest BCUT2D eigenvalue weighted by Crippen LogP contribution is 2.37. The molecule has 0 aliphatic rings. The molecular weight excluding hydrogens is 419 g/mol. The van der Waals surface area contributed by atoms with Gasteiger partial charge in [-0.05, 0) is 48.4 Å². The maximum atomic E-state index is 13.8. The number of furan rings is 1. The number of amides is 1. The number of allylic oxidation sites excluding steroid dienone is 1. The van der Waals surface area contributed by atoms with Crippen LogP contribution in [0.4, 0.5) is 18.9 Å². The Morgan fingerprint density at radius 3 is 2.41 bits per heavy atom. The summed E-state index contributed by atoms with van der Waals surface area (Å²) in [6.45, 7) is 1.71. The number of fused-ring (bicyclic) bond motifs is 1. The Labute approximate surface area is 181 Å². The second-order valence-electron chi connectivity index (χ2n) is 7.15. The zero-order valence-electron chi connectivity index (χ0n) is 17.2. The number of benzene rings is 3. The number of carbonyl (C=O) groups excluding carboxylic acids is 1. The lowest BCUT2D eigenvalue weighted by Crippen LogP contribution is -2.10. The lowest BCUT2D eigenvalue weighted by Gasteiger charge is -2.10. The average Bonchev–Trinajstić information content (AvgIpc) is 3.18. The number of nitrogens with one attached hydrogen (secondary N) is 1. The summed E-state index contributed by atoms with van der Waals surface area (Å²) in [5.74, 6) is -2.05. The zero-order valence-corrected chi connectivity index (χ0v) is 17.2. The fourth-order valence-electron chi connectivity index (χ4n) is 3.42. The number of ether oxygens (including phenoxy) is 1. The van der Waals surface area contributed by atoms with Crippen molar-refractivity contribution < 1.29 is 27.1 Å². The van der Waals surface area contributed by atoms with Crippen molar-refractivity contribution >= 4 is 28.1 Å². The Balaban J connectivity index is 1.70. The Morgan fingerprint density at radius 2 is 1.72 bits per heavy atom. The maximum Gasteiger partial charge on any atom is 0.248 e. The molecule has 0 aliphatic heterocycles. The van der Waals surface area contributed by atoms with E-state index >= 15 is 0 Å². The highest BCUT2D eigenvalue weighted by Gasteiger charge is 2.15. The molecule has 1 N–H and O–H groups in total. The Bertz CT molecular complexity index is 1340. The summed E-state index contributed by atoms with van der Waals surface area (Å²) in [6.07, 6.45) is 2.87. The molecule has 1 heterocycles. The number of rotatable bonds is 5. The van der Waals surface area contributed by atoms with E-state index in [1.807, 2.05) is 6.07 Å². The minimum Gasteiger partial charge on any atom is -0.496 e. The largest absolute Gasteiger partial charge is 0.496 e. The van der Waals surface area contributed by atoms with Crippen LogP contribution < -0.4 is 10.1 Å². The summed E-state index contributed by atoms with van der Waals surface area (Å²) < 4.78 is 51.3. The summed E-state index contributed by atoms with van der Waals surface area (Å²) >= 11 is 0. The topological polar surface area (TPSA) is 51.5 Å². The van der Waals surface area contributed by atoms with Crippen LogP contribution in [0.15, 0.2) is 71.4 Å². The van der Waals surface area contributed by atoms with Crippen LogP contribution in [0.3, 0.4) is 0 Å². The molecule has 0 atom stereocenters. The molecule has 4 nitrogen and oxygen atoms in total. The molecule has 0 spiro atoms. The van der Waals surface area contributed by atoms with Crippen LogP contribution in [0.25, 0.3) is 27.7 Å². The van der Waals surface area contributed by atoms with Crippen molar-refractivity contribution in [2.45, 2.75) is 6.92 Å². The van der Waals surface area contributed by atoms with Crippen molar-refractivity contribution in [3.05, 3.63) is 90.0 Å². The molecule has 0 saturated heterocycles. The van der Waals surface area contributed by atoms with Crippen molar-refractivity contribution in [1.82, 2.24) is 0 Å². The third-order valence-electron chi connectivity index (χ3n) is 5.01. The molecule has 0 aliphatic carbocycles. The quantitative estimate of drug-likeness (QED) is 0.360. The van der Waals surface area contributed by atoms with Gasteiger partial charge in [-0.1, -0.05) is 12.1 Å². The molecule has 0 unspecified atom stereocenters. The Kier molecular flexibility index (Phi) is 5.73. The van der Waals surface area contributed by atoms with Crippen LogP contribution in [-0.2, 0) is 4.79 Å². The number of anilines is 1. The van der Waals surface area contributed by atoms with E-state index < -0.39 is 17.5 Å². The second-order valence-corrected chi connectivity index (χ2v) is 7.15. The van der Waals surface area contributed by atoms with Crippen LogP contribution in [0, 0.1) is 17.5 Å². The molecule has 0 bridgehead atoms. The number of carbonyl (C=O) groups is 1. The van der Waals surface area contributed by atoms with Crippen molar-refractivity contribution in [2.75, 3.05) is 12.4 Å². The van der Waals surface area contributed by atoms with E-state index in [1.165, 1.54) is 25.3 Å². The third kappa shape index (κ3) is 4.23. The van der Waals surface area contributed by atoms with Gasteiger partial charge in [0.05, 0.1) is 19.1 Å². The summed E-state index contributed by atoms with van der Waals surface area (Å²) in [4.78, 5) is 12.4. The lowest BCUT2D eigenvalue weighted by molar-refractivity contribution is -0.111. The van der Waals surface area contributed by atoms with Crippen molar-refractivity contribution in [3.8, 4) is 16.9 Å². The van der Waals surface area contributed by atoms with Gasteiger partial charge >= 0.3 is 0 Å². The lowest BCUT2D eigenvalue weighted by atomic mass is 9.99. The maximum absolute atomic E-state index is 13.8. The molecule has 4 rings (SSSR count). The number of halogens is 3. The first-order valence-electron chi connectivity index (χ1n) is 9.65. The number of methoxy groups -OCH3 is 1. The van der Waals surface area contributed by atoms with E-state index in [0.29, 0.717) is 28.5 Å². The monoisotopic (exact) mass is 437 g/mol. The molecule has 7 heteroatoms. The SMILES string of the molecule is COc1cc2occ(-c3ccc(F)cc3)c2cc1/C(C)=C/C(=O)Nc1ccc(F)cc1F. The van der Waals surface area contributed by atoms with Gasteiger partial charge < -0.3 is 14.5 Å². The van der Waals surface area contributed by atoms with E-state index in [0.717, 1.165) is 28.6 Å². The highest BCUT2D eigenvalue weighted by molar-refractivity contribution is 6.05. The molecule has 0 fully saturated rings.